The monoisotopic (exact) mass is 570 g/mol. The van der Waals surface area contributed by atoms with Gasteiger partial charge in [0.2, 0.25) is 5.89 Å². The zero-order valence-corrected chi connectivity index (χ0v) is 22.7. The Morgan fingerprint density at radius 3 is 2.64 bits per heavy atom. The Morgan fingerprint density at radius 2 is 1.97 bits per heavy atom. The first-order valence-electron chi connectivity index (χ1n) is 11.8. The molecule has 1 aromatic heterocycles. The Bertz CT molecular complexity index is 851. The lowest BCUT2D eigenvalue weighted by molar-refractivity contribution is 0.245. The number of rotatable bonds is 11. The van der Waals surface area contributed by atoms with Crippen molar-refractivity contribution < 1.29 is 9.26 Å². The lowest BCUT2D eigenvalue weighted by Crippen LogP contribution is -2.39. The molecule has 0 saturated carbocycles. The summed E-state index contributed by atoms with van der Waals surface area (Å²) in [5.74, 6) is 3.51. The SMILES string of the molecule is CCNC(=NCC(c1ccccc1OC)N1CCCC1)NCCCc1nc(C(C)C)no1.I. The van der Waals surface area contributed by atoms with Crippen LogP contribution in [0.1, 0.15) is 69.3 Å². The first kappa shape index (κ1) is 27.4. The highest BCUT2D eigenvalue weighted by atomic mass is 127. The number of ether oxygens (including phenoxy) is 1. The van der Waals surface area contributed by atoms with Crippen LogP contribution >= 0.6 is 24.0 Å². The first-order valence-corrected chi connectivity index (χ1v) is 11.8. The maximum Gasteiger partial charge on any atom is 0.226 e. The molecule has 0 spiro atoms. The van der Waals surface area contributed by atoms with Crippen LogP contribution in [-0.4, -0.2) is 60.8 Å². The summed E-state index contributed by atoms with van der Waals surface area (Å²) in [5, 5.41) is 10.8. The van der Waals surface area contributed by atoms with Gasteiger partial charge in [-0.2, -0.15) is 4.98 Å². The molecule has 1 aliphatic heterocycles. The van der Waals surface area contributed by atoms with Crippen molar-refractivity contribution in [2.45, 2.75) is 58.4 Å². The van der Waals surface area contributed by atoms with Crippen LogP contribution in [0.4, 0.5) is 0 Å². The van der Waals surface area contributed by atoms with Gasteiger partial charge in [0, 0.05) is 31.0 Å². The zero-order valence-electron chi connectivity index (χ0n) is 20.3. The fraction of sp³-hybridized carbons (Fsp3) is 0.625. The van der Waals surface area contributed by atoms with E-state index >= 15 is 0 Å². The minimum atomic E-state index is 0. The number of aromatic nitrogens is 2. The molecule has 1 aliphatic rings. The predicted molar refractivity (Wildman–Crippen MR) is 143 cm³/mol. The Balaban J connectivity index is 0.00000385. The van der Waals surface area contributed by atoms with Crippen LogP contribution in [0.2, 0.25) is 0 Å². The highest BCUT2D eigenvalue weighted by molar-refractivity contribution is 14.0. The number of guanidine groups is 1. The molecule has 1 aromatic carbocycles. The third kappa shape index (κ3) is 8.13. The number of nitrogens with zero attached hydrogens (tertiary/aromatic N) is 4. The average molecular weight is 571 g/mol. The van der Waals surface area contributed by atoms with Crippen LogP contribution in [0.25, 0.3) is 0 Å². The van der Waals surface area contributed by atoms with Gasteiger partial charge in [-0.3, -0.25) is 9.89 Å². The van der Waals surface area contributed by atoms with Gasteiger partial charge in [0.1, 0.15) is 5.75 Å². The van der Waals surface area contributed by atoms with Crippen LogP contribution in [0.5, 0.6) is 5.75 Å². The zero-order chi connectivity index (χ0) is 22.8. The molecular weight excluding hydrogens is 531 g/mol. The van der Waals surface area contributed by atoms with Gasteiger partial charge in [-0.05, 0) is 45.3 Å². The van der Waals surface area contributed by atoms with Crippen LogP contribution < -0.4 is 15.4 Å². The van der Waals surface area contributed by atoms with Gasteiger partial charge in [-0.15, -0.1) is 24.0 Å². The topological polar surface area (TPSA) is 87.8 Å². The van der Waals surface area contributed by atoms with E-state index in [0.29, 0.717) is 12.4 Å². The number of methoxy groups -OCH3 is 1. The fourth-order valence-electron chi connectivity index (χ4n) is 3.98. The molecule has 2 aromatic rings. The number of para-hydroxylation sites is 1. The molecule has 0 aliphatic carbocycles. The van der Waals surface area contributed by atoms with Crippen molar-refractivity contribution >= 4 is 29.9 Å². The van der Waals surface area contributed by atoms with Crippen molar-refractivity contribution in [3.63, 3.8) is 0 Å². The Kier molecular flexibility index (Phi) is 11.9. The van der Waals surface area contributed by atoms with Gasteiger partial charge in [-0.25, -0.2) is 0 Å². The number of aryl methyl sites for hydroxylation is 1. The average Bonchev–Trinajstić information content (AvgIpc) is 3.49. The molecule has 0 radical (unpaired) electrons. The van der Waals surface area contributed by atoms with Crippen molar-refractivity contribution in [2.24, 2.45) is 4.99 Å². The van der Waals surface area contributed by atoms with E-state index in [-0.39, 0.29) is 35.9 Å². The summed E-state index contributed by atoms with van der Waals surface area (Å²) in [6, 6.07) is 8.50. The lowest BCUT2D eigenvalue weighted by atomic mass is 10.0. The summed E-state index contributed by atoms with van der Waals surface area (Å²) in [5.41, 5.74) is 1.20. The van der Waals surface area contributed by atoms with Crippen molar-refractivity contribution in [3.8, 4) is 5.75 Å². The number of likely N-dealkylation sites (tertiary alicyclic amines) is 1. The van der Waals surface area contributed by atoms with Crippen LogP contribution in [0, 0.1) is 0 Å². The molecule has 1 unspecified atom stereocenters. The summed E-state index contributed by atoms with van der Waals surface area (Å²) >= 11 is 0. The van der Waals surface area contributed by atoms with Gasteiger partial charge in [0.25, 0.3) is 0 Å². The van der Waals surface area contributed by atoms with Gasteiger partial charge in [-0.1, -0.05) is 37.2 Å². The largest absolute Gasteiger partial charge is 0.496 e. The molecule has 1 fully saturated rings. The summed E-state index contributed by atoms with van der Waals surface area (Å²) in [6.07, 6.45) is 4.12. The first-order chi connectivity index (χ1) is 15.6. The van der Waals surface area contributed by atoms with Crippen molar-refractivity contribution in [1.82, 2.24) is 25.7 Å². The Labute approximate surface area is 215 Å². The molecule has 33 heavy (non-hydrogen) atoms. The van der Waals surface area contributed by atoms with Crippen molar-refractivity contribution in [1.29, 1.82) is 0 Å². The number of halogens is 1. The van der Waals surface area contributed by atoms with E-state index in [1.807, 2.05) is 12.1 Å². The van der Waals surface area contributed by atoms with E-state index in [9.17, 15) is 0 Å². The molecule has 184 valence electrons. The number of nitrogens with one attached hydrogen (secondary N) is 2. The molecule has 0 bridgehead atoms. The number of hydrogen-bond donors (Lipinski definition) is 2. The van der Waals surface area contributed by atoms with Gasteiger partial charge in [0.05, 0.1) is 19.7 Å². The quantitative estimate of drug-likeness (QED) is 0.182. The minimum absolute atomic E-state index is 0. The molecule has 8 nitrogen and oxygen atoms in total. The van der Waals surface area contributed by atoms with E-state index in [4.69, 9.17) is 14.3 Å². The van der Waals surface area contributed by atoms with Gasteiger partial charge < -0.3 is 19.9 Å². The molecule has 2 heterocycles. The van der Waals surface area contributed by atoms with Crippen molar-refractivity contribution in [3.05, 3.63) is 41.5 Å². The fourth-order valence-corrected chi connectivity index (χ4v) is 3.98. The van der Waals surface area contributed by atoms with E-state index in [1.165, 1.54) is 18.4 Å². The van der Waals surface area contributed by atoms with Crippen LogP contribution in [-0.2, 0) is 6.42 Å². The van der Waals surface area contributed by atoms with Crippen LogP contribution in [0.3, 0.4) is 0 Å². The lowest BCUT2D eigenvalue weighted by Gasteiger charge is -2.28. The second-order valence-corrected chi connectivity index (χ2v) is 8.45. The summed E-state index contributed by atoms with van der Waals surface area (Å²) < 4.78 is 11.0. The molecule has 1 saturated heterocycles. The van der Waals surface area contributed by atoms with Crippen molar-refractivity contribution in [2.75, 3.05) is 39.8 Å². The molecule has 0 amide bonds. The standard InChI is InChI=1S/C24H38N6O2.HI/c1-5-25-24(26-14-10-13-22-28-23(18(2)3)29-32-22)27-17-20(30-15-8-9-16-30)19-11-6-7-12-21(19)31-4;/h6-7,11-12,18,20H,5,8-10,13-17H2,1-4H3,(H2,25,26,27);1H. The smallest absolute Gasteiger partial charge is 0.226 e. The second kappa shape index (κ2) is 14.4. The third-order valence-corrected chi connectivity index (χ3v) is 5.71. The summed E-state index contributed by atoms with van der Waals surface area (Å²) in [7, 11) is 1.74. The molecular formula is C24H39IN6O2. The predicted octanol–water partition coefficient (Wildman–Crippen LogP) is 4.14. The molecule has 3 rings (SSSR count). The van der Waals surface area contributed by atoms with E-state index in [2.05, 4.69) is 58.6 Å². The number of hydrogen-bond acceptors (Lipinski definition) is 6. The summed E-state index contributed by atoms with van der Waals surface area (Å²) in [6.45, 7) is 10.7. The molecule has 1 atom stereocenters. The third-order valence-electron chi connectivity index (χ3n) is 5.71. The van der Waals surface area contributed by atoms with Crippen LogP contribution in [0.15, 0.2) is 33.8 Å². The highest BCUT2D eigenvalue weighted by Crippen LogP contribution is 2.31. The minimum Gasteiger partial charge on any atom is -0.496 e. The Hall–Kier alpha value is -1.88. The second-order valence-electron chi connectivity index (χ2n) is 8.45. The van der Waals surface area contributed by atoms with E-state index in [1.54, 1.807) is 7.11 Å². The number of benzene rings is 1. The van der Waals surface area contributed by atoms with E-state index in [0.717, 1.165) is 56.6 Å². The number of aliphatic imine (C=N–C) groups is 1. The normalized spacial score (nSPS) is 15.4. The maximum absolute atomic E-state index is 5.65. The summed E-state index contributed by atoms with van der Waals surface area (Å²) in [4.78, 5) is 11.9. The van der Waals surface area contributed by atoms with E-state index < -0.39 is 0 Å². The van der Waals surface area contributed by atoms with Gasteiger partial charge in [0.15, 0.2) is 11.8 Å². The Morgan fingerprint density at radius 1 is 1.21 bits per heavy atom. The molecule has 2 N–H and O–H groups in total. The van der Waals surface area contributed by atoms with Gasteiger partial charge >= 0.3 is 0 Å². The highest BCUT2D eigenvalue weighted by Gasteiger charge is 2.25. The molecule has 9 heteroatoms. The maximum atomic E-state index is 5.65.